The Labute approximate surface area is 99.6 Å². The van der Waals surface area contributed by atoms with E-state index in [1.165, 1.54) is 38.5 Å². The molecule has 0 aromatic carbocycles. The van der Waals surface area contributed by atoms with Crippen LogP contribution in [-0.4, -0.2) is 10.2 Å². The van der Waals surface area contributed by atoms with Gasteiger partial charge in [-0.3, -0.25) is 0 Å². The summed E-state index contributed by atoms with van der Waals surface area (Å²) in [5.74, 6) is 3.52. The Morgan fingerprint density at radius 1 is 1.00 bits per heavy atom. The topological polar surface area (TPSA) is 38.9 Å². The van der Waals surface area contributed by atoms with Crippen molar-refractivity contribution in [3.63, 3.8) is 0 Å². The Balaban J connectivity index is 1.76. The molecule has 0 atom stereocenters. The lowest BCUT2D eigenvalue weighted by Gasteiger charge is -2.55. The Hall–Kier alpha value is -0.570. The molecule has 4 aliphatic rings. The van der Waals surface area contributed by atoms with Gasteiger partial charge in [0, 0.05) is 5.41 Å². The van der Waals surface area contributed by atoms with Crippen molar-refractivity contribution in [2.75, 3.05) is 0 Å². The Kier molecular flexibility index (Phi) is 1.78. The molecule has 16 heavy (non-hydrogen) atoms. The molecule has 4 fully saturated rings. The molecule has 0 amide bonds. The van der Waals surface area contributed by atoms with Gasteiger partial charge in [0.2, 0.25) is 5.89 Å². The van der Waals surface area contributed by atoms with Crippen LogP contribution < -0.4 is 0 Å². The highest BCUT2D eigenvalue weighted by Gasteiger charge is 2.54. The van der Waals surface area contributed by atoms with E-state index in [1.807, 2.05) is 0 Å². The van der Waals surface area contributed by atoms with Gasteiger partial charge in [0.15, 0.2) is 0 Å². The van der Waals surface area contributed by atoms with Crippen molar-refractivity contribution in [3.8, 4) is 0 Å². The summed E-state index contributed by atoms with van der Waals surface area (Å²) < 4.78 is 5.51. The Bertz CT molecular complexity index is 393. The molecule has 1 aromatic rings. The van der Waals surface area contributed by atoms with E-state index >= 15 is 0 Å². The minimum atomic E-state index is 0.189. The first-order valence-corrected chi connectivity index (χ1v) is 6.61. The van der Waals surface area contributed by atoms with Gasteiger partial charge in [-0.25, -0.2) is 0 Å². The number of nitrogens with zero attached hydrogens (tertiary/aromatic N) is 2. The third-order valence-corrected chi connectivity index (χ3v) is 5.04. The lowest BCUT2D eigenvalue weighted by molar-refractivity contribution is -0.0178. The Morgan fingerprint density at radius 2 is 1.56 bits per heavy atom. The zero-order chi connectivity index (χ0) is 10.8. The van der Waals surface area contributed by atoms with Crippen molar-refractivity contribution in [2.24, 2.45) is 17.8 Å². The summed E-state index contributed by atoms with van der Waals surface area (Å²) in [6.07, 6.45) is 8.04. The average molecular weight is 239 g/mol. The summed E-state index contributed by atoms with van der Waals surface area (Å²) in [5.41, 5.74) is 0.189. The van der Waals surface area contributed by atoms with Gasteiger partial charge in [0.25, 0.3) is 0 Å². The highest BCUT2D eigenvalue weighted by molar-refractivity contribution is 6.27. The maximum Gasteiger partial charge on any atom is 0.312 e. The second kappa shape index (κ2) is 3.00. The zero-order valence-corrected chi connectivity index (χ0v) is 9.91. The smallest absolute Gasteiger partial charge is 0.312 e. The van der Waals surface area contributed by atoms with Crippen LogP contribution in [0, 0.1) is 17.8 Å². The average Bonchev–Trinajstić information content (AvgIpc) is 2.63. The van der Waals surface area contributed by atoms with Crippen LogP contribution in [0.3, 0.4) is 0 Å². The molecule has 3 nitrogen and oxygen atoms in total. The lowest BCUT2D eigenvalue weighted by Crippen LogP contribution is -2.48. The molecule has 4 aliphatic carbocycles. The van der Waals surface area contributed by atoms with Gasteiger partial charge >= 0.3 is 5.35 Å². The molecule has 86 valence electrons. The highest BCUT2D eigenvalue weighted by Crippen LogP contribution is 2.60. The molecule has 4 saturated carbocycles. The molecular weight excluding hydrogens is 224 g/mol. The van der Waals surface area contributed by atoms with Gasteiger partial charge < -0.3 is 4.42 Å². The first kappa shape index (κ1) is 9.46. The number of hydrogen-bond acceptors (Lipinski definition) is 3. The zero-order valence-electron chi connectivity index (χ0n) is 9.16. The third kappa shape index (κ3) is 1.21. The summed E-state index contributed by atoms with van der Waals surface area (Å²) in [6, 6.07) is 0. The molecule has 1 aromatic heterocycles. The van der Waals surface area contributed by atoms with Crippen molar-refractivity contribution >= 4 is 11.6 Å². The van der Waals surface area contributed by atoms with Crippen LogP contribution >= 0.6 is 11.6 Å². The number of hydrogen-bond donors (Lipinski definition) is 0. The summed E-state index contributed by atoms with van der Waals surface area (Å²) in [7, 11) is 0. The minimum Gasteiger partial charge on any atom is -0.412 e. The fourth-order valence-electron chi connectivity index (χ4n) is 4.79. The number of rotatable bonds is 1. The summed E-state index contributed by atoms with van der Waals surface area (Å²) >= 11 is 5.76. The third-order valence-electron chi connectivity index (χ3n) is 4.89. The first-order chi connectivity index (χ1) is 7.73. The molecule has 4 heteroatoms. The van der Waals surface area contributed by atoms with E-state index < -0.39 is 0 Å². The standard InChI is InChI=1S/C12H15ClN2O/c13-11-15-14-10(16-11)12-4-7-1-8(5-12)3-9(2-7)6-12/h7-9H,1-6H2. The molecule has 5 rings (SSSR count). The van der Waals surface area contributed by atoms with E-state index in [-0.39, 0.29) is 10.8 Å². The number of aromatic nitrogens is 2. The van der Waals surface area contributed by atoms with Crippen LogP contribution in [0.2, 0.25) is 5.35 Å². The fraction of sp³-hybridized carbons (Fsp3) is 0.833. The summed E-state index contributed by atoms with van der Waals surface area (Å²) in [4.78, 5) is 0. The maximum atomic E-state index is 5.76. The second-order valence-corrected chi connectivity index (χ2v) is 6.38. The van der Waals surface area contributed by atoms with E-state index in [1.54, 1.807) is 0 Å². The molecule has 0 radical (unpaired) electrons. The molecule has 0 saturated heterocycles. The predicted molar refractivity (Wildman–Crippen MR) is 59.2 cm³/mol. The molecule has 1 heterocycles. The van der Waals surface area contributed by atoms with Crippen LogP contribution in [0.5, 0.6) is 0 Å². The van der Waals surface area contributed by atoms with Crippen molar-refractivity contribution in [2.45, 2.75) is 43.9 Å². The molecule has 0 N–H and O–H groups in total. The van der Waals surface area contributed by atoms with Crippen LogP contribution in [0.25, 0.3) is 0 Å². The van der Waals surface area contributed by atoms with Crippen molar-refractivity contribution in [3.05, 3.63) is 11.2 Å². The van der Waals surface area contributed by atoms with Gasteiger partial charge in [-0.15, -0.1) is 5.10 Å². The molecule has 0 aliphatic heterocycles. The fourth-order valence-corrected chi connectivity index (χ4v) is 4.90. The van der Waals surface area contributed by atoms with Crippen LogP contribution in [0.15, 0.2) is 4.42 Å². The number of halogens is 1. The van der Waals surface area contributed by atoms with Crippen LogP contribution in [0.1, 0.15) is 44.4 Å². The van der Waals surface area contributed by atoms with Gasteiger partial charge in [-0.2, -0.15) is 0 Å². The van der Waals surface area contributed by atoms with E-state index in [4.69, 9.17) is 16.0 Å². The second-order valence-electron chi connectivity index (χ2n) is 6.06. The van der Waals surface area contributed by atoms with Crippen molar-refractivity contribution in [1.29, 1.82) is 0 Å². The molecule has 0 spiro atoms. The van der Waals surface area contributed by atoms with Gasteiger partial charge in [-0.05, 0) is 67.9 Å². The summed E-state index contributed by atoms with van der Waals surface area (Å²) in [5, 5.41) is 8.18. The van der Waals surface area contributed by atoms with E-state index in [0.29, 0.717) is 0 Å². The SMILES string of the molecule is Clc1nnc(C23CC4CC(CC(C4)C2)C3)o1. The van der Waals surface area contributed by atoms with E-state index in [9.17, 15) is 0 Å². The maximum absolute atomic E-state index is 5.76. The minimum absolute atomic E-state index is 0.189. The van der Waals surface area contributed by atoms with E-state index in [2.05, 4.69) is 10.2 Å². The normalized spacial score (nSPS) is 45.2. The van der Waals surface area contributed by atoms with Crippen LogP contribution in [0.4, 0.5) is 0 Å². The van der Waals surface area contributed by atoms with Crippen molar-refractivity contribution < 1.29 is 4.42 Å². The highest BCUT2D eigenvalue weighted by atomic mass is 35.5. The molecule has 0 unspecified atom stereocenters. The predicted octanol–water partition coefficient (Wildman–Crippen LogP) is 3.19. The van der Waals surface area contributed by atoms with Crippen molar-refractivity contribution in [1.82, 2.24) is 10.2 Å². The summed E-state index contributed by atoms with van der Waals surface area (Å²) in [6.45, 7) is 0. The monoisotopic (exact) mass is 238 g/mol. The lowest BCUT2D eigenvalue weighted by atomic mass is 9.49. The van der Waals surface area contributed by atoms with Gasteiger partial charge in [0.1, 0.15) is 0 Å². The molecular formula is C12H15ClN2O. The first-order valence-electron chi connectivity index (χ1n) is 6.23. The van der Waals surface area contributed by atoms with Gasteiger partial charge in [0.05, 0.1) is 0 Å². The largest absolute Gasteiger partial charge is 0.412 e. The quantitative estimate of drug-likeness (QED) is 0.754. The molecule has 4 bridgehead atoms. The Morgan fingerprint density at radius 3 is 2.00 bits per heavy atom. The van der Waals surface area contributed by atoms with Crippen LogP contribution in [-0.2, 0) is 5.41 Å². The van der Waals surface area contributed by atoms with E-state index in [0.717, 1.165) is 23.6 Å². The van der Waals surface area contributed by atoms with Gasteiger partial charge in [-0.1, -0.05) is 5.10 Å².